The van der Waals surface area contributed by atoms with Crippen LogP contribution in [0.2, 0.25) is 0 Å². The zero-order valence-electron chi connectivity index (χ0n) is 12.7. The van der Waals surface area contributed by atoms with Crippen molar-refractivity contribution in [3.8, 4) is 22.4 Å². The summed E-state index contributed by atoms with van der Waals surface area (Å²) in [6.07, 6.45) is 1.75. The summed E-state index contributed by atoms with van der Waals surface area (Å²) in [7, 11) is 0. The minimum atomic E-state index is -0.866. The van der Waals surface area contributed by atoms with Gasteiger partial charge in [0.25, 0.3) is 0 Å². The van der Waals surface area contributed by atoms with E-state index in [1.54, 1.807) is 6.20 Å². The molecule has 4 aromatic rings. The summed E-state index contributed by atoms with van der Waals surface area (Å²) in [6.45, 7) is 0. The molecule has 0 aliphatic rings. The van der Waals surface area contributed by atoms with Crippen LogP contribution in [0.3, 0.4) is 0 Å². The van der Waals surface area contributed by atoms with E-state index in [9.17, 15) is 4.79 Å². The first-order valence-electron chi connectivity index (χ1n) is 7.54. The van der Waals surface area contributed by atoms with E-state index in [2.05, 4.69) is 41.4 Å². The van der Waals surface area contributed by atoms with Crippen LogP contribution < -0.4 is 0 Å². The number of aliphatic carboxylic acids is 1. The number of fused-ring (bicyclic) bond motifs is 1. The van der Waals surface area contributed by atoms with Gasteiger partial charge in [-0.25, -0.2) is 4.98 Å². The maximum atomic E-state index is 10.8. The fraction of sp³-hybridized carbons (Fsp3) is 0.0526. The number of benzene rings is 2. The highest BCUT2D eigenvalue weighted by Crippen LogP contribution is 2.28. The molecule has 0 amide bonds. The van der Waals surface area contributed by atoms with Crippen LogP contribution in [-0.2, 0) is 11.2 Å². The van der Waals surface area contributed by atoms with Crippen molar-refractivity contribution < 1.29 is 9.90 Å². The summed E-state index contributed by atoms with van der Waals surface area (Å²) >= 11 is 1.52. The monoisotopic (exact) mass is 334 g/mol. The molecule has 2 aromatic carbocycles. The minimum absolute atomic E-state index is 0.0548. The highest BCUT2D eigenvalue weighted by atomic mass is 32.1. The van der Waals surface area contributed by atoms with Crippen molar-refractivity contribution in [1.82, 2.24) is 9.38 Å². The van der Waals surface area contributed by atoms with E-state index in [0.29, 0.717) is 5.69 Å². The van der Waals surface area contributed by atoms with Crippen LogP contribution in [0.4, 0.5) is 0 Å². The Kier molecular flexibility index (Phi) is 3.63. The van der Waals surface area contributed by atoms with E-state index in [0.717, 1.165) is 16.2 Å². The van der Waals surface area contributed by atoms with E-state index >= 15 is 0 Å². The van der Waals surface area contributed by atoms with Crippen molar-refractivity contribution >= 4 is 22.3 Å². The predicted octanol–water partition coefficient (Wildman–Crippen LogP) is 4.36. The maximum absolute atomic E-state index is 10.8. The molecule has 0 fully saturated rings. The molecular formula is C19H14N2O2S. The Morgan fingerprint density at radius 2 is 1.67 bits per heavy atom. The normalized spacial score (nSPS) is 11.0. The lowest BCUT2D eigenvalue weighted by Gasteiger charge is -2.04. The van der Waals surface area contributed by atoms with Gasteiger partial charge in [0.1, 0.15) is 0 Å². The van der Waals surface area contributed by atoms with Crippen molar-refractivity contribution in [2.75, 3.05) is 0 Å². The molecule has 24 heavy (non-hydrogen) atoms. The summed E-state index contributed by atoms with van der Waals surface area (Å²) in [4.78, 5) is 16.0. The first-order valence-corrected chi connectivity index (χ1v) is 8.42. The van der Waals surface area contributed by atoms with Gasteiger partial charge in [-0.1, -0.05) is 54.6 Å². The van der Waals surface area contributed by atoms with Crippen LogP contribution in [-0.4, -0.2) is 20.5 Å². The van der Waals surface area contributed by atoms with Crippen molar-refractivity contribution in [2.45, 2.75) is 6.42 Å². The van der Waals surface area contributed by atoms with Gasteiger partial charge in [-0.15, -0.1) is 11.3 Å². The number of carboxylic acids is 1. The maximum Gasteiger partial charge on any atom is 0.309 e. The molecule has 2 aromatic heterocycles. The number of nitrogens with zero attached hydrogens (tertiary/aromatic N) is 2. The number of thiazole rings is 1. The zero-order chi connectivity index (χ0) is 16.5. The molecule has 0 saturated heterocycles. The summed E-state index contributed by atoms with van der Waals surface area (Å²) in [6, 6.07) is 18.6. The fourth-order valence-electron chi connectivity index (χ4n) is 2.74. The summed E-state index contributed by atoms with van der Waals surface area (Å²) in [5.41, 5.74) is 5.05. The Balaban J connectivity index is 1.69. The smallest absolute Gasteiger partial charge is 0.309 e. The third-order valence-corrected chi connectivity index (χ3v) is 4.72. The Bertz CT molecular complexity index is 1000. The number of carboxylic acid groups (broad SMARTS) is 1. The second kappa shape index (κ2) is 5.94. The second-order valence-corrected chi connectivity index (χ2v) is 6.36. The van der Waals surface area contributed by atoms with E-state index in [1.165, 1.54) is 22.5 Å². The summed E-state index contributed by atoms with van der Waals surface area (Å²) in [5, 5.41) is 11.0. The Labute approximate surface area is 142 Å². The van der Waals surface area contributed by atoms with E-state index in [1.807, 2.05) is 28.0 Å². The quantitative estimate of drug-likeness (QED) is 0.603. The molecule has 0 unspecified atom stereocenters. The zero-order valence-corrected chi connectivity index (χ0v) is 13.5. The SMILES string of the molecule is O=C(O)Cc1cn2c(-c3ccc(-c4ccccc4)cc3)csc2n1. The first kappa shape index (κ1) is 14.7. The van der Waals surface area contributed by atoms with Crippen molar-refractivity contribution in [3.05, 3.63) is 71.9 Å². The molecule has 4 nitrogen and oxygen atoms in total. The third kappa shape index (κ3) is 2.70. The Morgan fingerprint density at radius 3 is 2.38 bits per heavy atom. The van der Waals surface area contributed by atoms with Gasteiger partial charge in [-0.05, 0) is 16.7 Å². The molecule has 5 heteroatoms. The van der Waals surface area contributed by atoms with Gasteiger partial charge in [-0.3, -0.25) is 9.20 Å². The number of hydrogen-bond donors (Lipinski definition) is 1. The molecule has 2 heterocycles. The Morgan fingerprint density at radius 1 is 1.00 bits per heavy atom. The number of aromatic nitrogens is 2. The number of hydrogen-bond acceptors (Lipinski definition) is 3. The van der Waals surface area contributed by atoms with Gasteiger partial charge in [0.15, 0.2) is 4.96 Å². The molecule has 0 aliphatic carbocycles. The molecule has 0 aliphatic heterocycles. The Hall–Kier alpha value is -2.92. The lowest BCUT2D eigenvalue weighted by atomic mass is 10.0. The van der Waals surface area contributed by atoms with Gasteiger partial charge >= 0.3 is 5.97 Å². The topological polar surface area (TPSA) is 54.6 Å². The standard InChI is InChI=1S/C19H14N2O2S/c22-18(23)10-16-11-21-17(12-24-19(21)20-16)15-8-6-14(7-9-15)13-4-2-1-3-5-13/h1-9,11-12H,10H2,(H,22,23). The molecule has 0 bridgehead atoms. The lowest BCUT2D eigenvalue weighted by Crippen LogP contribution is -1.99. The minimum Gasteiger partial charge on any atom is -0.481 e. The third-order valence-electron chi connectivity index (χ3n) is 3.88. The highest BCUT2D eigenvalue weighted by Gasteiger charge is 2.11. The van der Waals surface area contributed by atoms with Gasteiger partial charge < -0.3 is 5.11 Å². The first-order chi connectivity index (χ1) is 11.7. The van der Waals surface area contributed by atoms with Gasteiger partial charge in [0, 0.05) is 11.6 Å². The molecule has 0 saturated carbocycles. The van der Waals surface area contributed by atoms with Crippen molar-refractivity contribution in [3.63, 3.8) is 0 Å². The van der Waals surface area contributed by atoms with Crippen LogP contribution >= 0.6 is 11.3 Å². The van der Waals surface area contributed by atoms with Crippen LogP contribution in [0.15, 0.2) is 66.2 Å². The summed E-state index contributed by atoms with van der Waals surface area (Å²) < 4.78 is 1.96. The van der Waals surface area contributed by atoms with Gasteiger partial charge in [-0.2, -0.15) is 0 Å². The number of rotatable bonds is 4. The highest BCUT2D eigenvalue weighted by molar-refractivity contribution is 7.15. The average Bonchev–Trinajstić information content (AvgIpc) is 3.15. The second-order valence-electron chi connectivity index (χ2n) is 5.52. The van der Waals surface area contributed by atoms with Gasteiger partial charge in [0.2, 0.25) is 0 Å². The predicted molar refractivity (Wildman–Crippen MR) is 95.3 cm³/mol. The van der Waals surface area contributed by atoms with Crippen LogP contribution in [0.5, 0.6) is 0 Å². The average molecular weight is 334 g/mol. The number of imidazole rings is 1. The fourth-order valence-corrected chi connectivity index (χ4v) is 3.64. The summed E-state index contributed by atoms with van der Waals surface area (Å²) in [5.74, 6) is -0.866. The molecule has 118 valence electrons. The molecule has 0 radical (unpaired) electrons. The van der Waals surface area contributed by atoms with E-state index < -0.39 is 5.97 Å². The lowest BCUT2D eigenvalue weighted by molar-refractivity contribution is -0.136. The van der Waals surface area contributed by atoms with Crippen LogP contribution in [0.25, 0.3) is 27.3 Å². The molecule has 0 spiro atoms. The number of carbonyl (C=O) groups is 1. The van der Waals surface area contributed by atoms with Crippen LogP contribution in [0.1, 0.15) is 5.69 Å². The van der Waals surface area contributed by atoms with Crippen molar-refractivity contribution in [2.24, 2.45) is 0 Å². The molecule has 0 atom stereocenters. The van der Waals surface area contributed by atoms with Crippen molar-refractivity contribution in [1.29, 1.82) is 0 Å². The van der Waals surface area contributed by atoms with Crippen LogP contribution in [0, 0.1) is 0 Å². The molecule has 1 N–H and O–H groups in total. The van der Waals surface area contributed by atoms with Gasteiger partial charge in [0.05, 0.1) is 17.8 Å². The molecular weight excluding hydrogens is 320 g/mol. The largest absolute Gasteiger partial charge is 0.481 e. The van der Waals surface area contributed by atoms with E-state index in [-0.39, 0.29) is 6.42 Å². The molecule has 4 rings (SSSR count). The van der Waals surface area contributed by atoms with E-state index in [4.69, 9.17) is 5.11 Å².